The van der Waals surface area contributed by atoms with Crippen LogP contribution in [0.15, 0.2) is 30.6 Å². The van der Waals surface area contributed by atoms with E-state index in [9.17, 15) is 9.18 Å². The molecule has 7 nitrogen and oxygen atoms in total. The van der Waals surface area contributed by atoms with Crippen molar-refractivity contribution >= 4 is 17.7 Å². The van der Waals surface area contributed by atoms with Gasteiger partial charge in [0, 0.05) is 43.2 Å². The van der Waals surface area contributed by atoms with Crippen molar-refractivity contribution in [2.45, 2.75) is 19.4 Å². The molecule has 2 saturated heterocycles. The first-order chi connectivity index (χ1) is 13.1. The van der Waals surface area contributed by atoms with Crippen molar-refractivity contribution in [3.05, 3.63) is 36.4 Å². The summed E-state index contributed by atoms with van der Waals surface area (Å²) in [5.41, 5.74) is 1.46. The maximum absolute atomic E-state index is 14.7. The number of aromatic nitrogens is 2. The maximum Gasteiger partial charge on any atom is 0.414 e. The Morgan fingerprint density at radius 1 is 1.19 bits per heavy atom. The summed E-state index contributed by atoms with van der Waals surface area (Å²) >= 11 is 0. The lowest BCUT2D eigenvalue weighted by Gasteiger charge is -2.19. The van der Waals surface area contributed by atoms with Crippen LogP contribution in [0.5, 0.6) is 0 Å². The zero-order valence-corrected chi connectivity index (χ0v) is 15.1. The number of benzene rings is 1. The summed E-state index contributed by atoms with van der Waals surface area (Å²) in [4.78, 5) is 24.1. The van der Waals surface area contributed by atoms with Crippen LogP contribution in [0.25, 0.3) is 11.1 Å². The second-order valence-electron chi connectivity index (χ2n) is 6.69. The number of carbonyl (C=O) groups is 1. The number of rotatable bonds is 3. The number of anilines is 2. The van der Waals surface area contributed by atoms with Gasteiger partial charge in [-0.3, -0.25) is 4.90 Å². The Hall–Kier alpha value is -2.74. The Kier molecular flexibility index (Phi) is 4.89. The quantitative estimate of drug-likeness (QED) is 0.825. The first-order valence-electron chi connectivity index (χ1n) is 9.04. The lowest BCUT2D eigenvalue weighted by Crippen LogP contribution is -2.27. The van der Waals surface area contributed by atoms with E-state index in [4.69, 9.17) is 9.47 Å². The molecule has 0 N–H and O–H groups in total. The second kappa shape index (κ2) is 7.48. The summed E-state index contributed by atoms with van der Waals surface area (Å²) < 4.78 is 25.2. The Morgan fingerprint density at radius 2 is 2.00 bits per heavy atom. The molecule has 0 bridgehead atoms. The van der Waals surface area contributed by atoms with Crippen LogP contribution in [0.3, 0.4) is 0 Å². The van der Waals surface area contributed by atoms with E-state index in [1.807, 2.05) is 0 Å². The number of hydrogen-bond acceptors (Lipinski definition) is 6. The lowest BCUT2D eigenvalue weighted by atomic mass is 10.1. The predicted molar refractivity (Wildman–Crippen MR) is 98.4 cm³/mol. The Labute approximate surface area is 156 Å². The van der Waals surface area contributed by atoms with Crippen molar-refractivity contribution < 1.29 is 18.7 Å². The Balaban J connectivity index is 1.54. The standard InChI is InChI=1S/C19H21FN4O3/c1-13-12-24(19(25)27-13)15-3-4-16(17(20)9-15)14-10-21-18(22-11-14)23-5-2-7-26-8-6-23/h3-4,9-11,13H,2,5-8,12H2,1H3/t13-/m0/s1. The van der Waals surface area contributed by atoms with E-state index >= 15 is 0 Å². The summed E-state index contributed by atoms with van der Waals surface area (Å²) in [5, 5.41) is 0. The summed E-state index contributed by atoms with van der Waals surface area (Å²) in [6.07, 6.45) is 3.52. The predicted octanol–water partition coefficient (Wildman–Crippen LogP) is 2.85. The van der Waals surface area contributed by atoms with Gasteiger partial charge in [0.25, 0.3) is 0 Å². The molecule has 0 saturated carbocycles. The average molecular weight is 372 g/mol. The van der Waals surface area contributed by atoms with E-state index in [2.05, 4.69) is 14.9 Å². The number of amides is 1. The van der Waals surface area contributed by atoms with Gasteiger partial charge in [0.05, 0.1) is 18.8 Å². The number of nitrogens with zero attached hydrogens (tertiary/aromatic N) is 4. The van der Waals surface area contributed by atoms with Crippen LogP contribution in [0, 0.1) is 5.82 Å². The molecule has 27 heavy (non-hydrogen) atoms. The van der Waals surface area contributed by atoms with Crippen molar-refractivity contribution in [3.8, 4) is 11.1 Å². The minimum atomic E-state index is -0.455. The number of cyclic esters (lactones) is 1. The highest BCUT2D eigenvalue weighted by molar-refractivity contribution is 5.90. The van der Waals surface area contributed by atoms with E-state index in [1.54, 1.807) is 31.5 Å². The molecule has 0 radical (unpaired) electrons. The van der Waals surface area contributed by atoms with Crippen molar-refractivity contribution in [1.82, 2.24) is 9.97 Å². The fraction of sp³-hybridized carbons (Fsp3) is 0.421. The third-order valence-electron chi connectivity index (χ3n) is 4.68. The lowest BCUT2D eigenvalue weighted by molar-refractivity contribution is 0.150. The minimum absolute atomic E-state index is 0.203. The van der Waals surface area contributed by atoms with E-state index in [-0.39, 0.29) is 6.10 Å². The zero-order valence-electron chi connectivity index (χ0n) is 15.1. The van der Waals surface area contributed by atoms with Crippen LogP contribution in [-0.2, 0) is 9.47 Å². The zero-order chi connectivity index (χ0) is 18.8. The Bertz CT molecular complexity index is 822. The molecule has 1 amide bonds. The first-order valence-corrected chi connectivity index (χ1v) is 9.04. The van der Waals surface area contributed by atoms with E-state index < -0.39 is 11.9 Å². The molecule has 4 rings (SSSR count). The number of hydrogen-bond donors (Lipinski definition) is 0. The van der Waals surface area contributed by atoms with E-state index in [0.717, 1.165) is 26.1 Å². The number of halogens is 1. The van der Waals surface area contributed by atoms with Gasteiger partial charge < -0.3 is 14.4 Å². The van der Waals surface area contributed by atoms with E-state index in [0.29, 0.717) is 35.9 Å². The molecule has 2 aliphatic heterocycles. The third kappa shape index (κ3) is 3.71. The van der Waals surface area contributed by atoms with Crippen LogP contribution < -0.4 is 9.80 Å². The summed E-state index contributed by atoms with van der Waals surface area (Å²) in [5.74, 6) is 0.189. The fourth-order valence-corrected chi connectivity index (χ4v) is 3.29. The van der Waals surface area contributed by atoms with Gasteiger partial charge in [0.1, 0.15) is 11.9 Å². The fourth-order valence-electron chi connectivity index (χ4n) is 3.29. The molecule has 2 fully saturated rings. The molecule has 142 valence electrons. The molecular weight excluding hydrogens is 351 g/mol. The van der Waals surface area contributed by atoms with Crippen molar-refractivity contribution in [1.29, 1.82) is 0 Å². The van der Waals surface area contributed by atoms with Gasteiger partial charge >= 0.3 is 6.09 Å². The van der Waals surface area contributed by atoms with Gasteiger partial charge in [-0.1, -0.05) is 0 Å². The molecule has 0 aliphatic carbocycles. The normalized spacial score (nSPS) is 20.5. The second-order valence-corrected chi connectivity index (χ2v) is 6.69. The summed E-state index contributed by atoms with van der Waals surface area (Å²) in [6.45, 7) is 5.20. The smallest absolute Gasteiger partial charge is 0.414 e. The molecule has 2 aliphatic rings. The highest BCUT2D eigenvalue weighted by atomic mass is 19.1. The van der Waals surface area contributed by atoms with Crippen LogP contribution >= 0.6 is 0 Å². The largest absolute Gasteiger partial charge is 0.444 e. The van der Waals surface area contributed by atoms with Gasteiger partial charge in [-0.2, -0.15) is 0 Å². The third-order valence-corrected chi connectivity index (χ3v) is 4.68. The molecule has 1 aromatic heterocycles. The van der Waals surface area contributed by atoms with Crippen LogP contribution in [0.2, 0.25) is 0 Å². The molecule has 3 heterocycles. The molecule has 1 atom stereocenters. The topological polar surface area (TPSA) is 67.8 Å². The Morgan fingerprint density at radius 3 is 2.70 bits per heavy atom. The molecule has 0 unspecified atom stereocenters. The van der Waals surface area contributed by atoms with Gasteiger partial charge in [0.2, 0.25) is 5.95 Å². The van der Waals surface area contributed by atoms with Gasteiger partial charge in [-0.05, 0) is 31.5 Å². The highest BCUT2D eigenvalue weighted by Crippen LogP contribution is 2.29. The van der Waals surface area contributed by atoms with Crippen molar-refractivity contribution in [2.24, 2.45) is 0 Å². The number of carbonyl (C=O) groups excluding carboxylic acids is 1. The SMILES string of the molecule is C[C@H]1CN(c2ccc(-c3cnc(N4CCCOCC4)nc3)c(F)c2)C(=O)O1. The van der Waals surface area contributed by atoms with E-state index in [1.165, 1.54) is 11.0 Å². The van der Waals surface area contributed by atoms with Crippen molar-refractivity contribution in [3.63, 3.8) is 0 Å². The van der Waals surface area contributed by atoms with Crippen molar-refractivity contribution in [2.75, 3.05) is 42.6 Å². The van der Waals surface area contributed by atoms with Crippen LogP contribution in [-0.4, -0.2) is 55.0 Å². The monoisotopic (exact) mass is 372 g/mol. The molecule has 1 aromatic carbocycles. The number of ether oxygens (including phenoxy) is 2. The van der Waals surface area contributed by atoms with Crippen LogP contribution in [0.1, 0.15) is 13.3 Å². The van der Waals surface area contributed by atoms with Gasteiger partial charge in [0.15, 0.2) is 0 Å². The summed E-state index contributed by atoms with van der Waals surface area (Å²) in [7, 11) is 0. The highest BCUT2D eigenvalue weighted by Gasteiger charge is 2.29. The molecule has 8 heteroatoms. The maximum atomic E-state index is 14.7. The summed E-state index contributed by atoms with van der Waals surface area (Å²) in [6, 6.07) is 4.69. The van der Waals surface area contributed by atoms with Crippen LogP contribution in [0.4, 0.5) is 20.8 Å². The average Bonchev–Trinajstić information content (AvgIpc) is 2.87. The van der Waals surface area contributed by atoms with Gasteiger partial charge in [-0.15, -0.1) is 0 Å². The molecule has 2 aromatic rings. The minimum Gasteiger partial charge on any atom is -0.444 e. The first kappa shape index (κ1) is 17.7. The molecular formula is C19H21FN4O3. The molecule has 0 spiro atoms. The van der Waals surface area contributed by atoms with Gasteiger partial charge in [-0.25, -0.2) is 19.2 Å².